The molecule has 30 heavy (non-hydrogen) atoms. The number of aryl methyl sites for hydroxylation is 1. The lowest BCUT2D eigenvalue weighted by Gasteiger charge is -2.35. The predicted molar refractivity (Wildman–Crippen MR) is 117 cm³/mol. The van der Waals surface area contributed by atoms with Gasteiger partial charge in [0.25, 0.3) is 5.91 Å². The molecule has 1 amide bonds. The zero-order valence-corrected chi connectivity index (χ0v) is 18.7. The molecule has 162 valence electrons. The minimum atomic E-state index is -3.15. The standard InChI is InChI=1S/C21H27N3O4S2/c1-15-22-17(12-29-15)11-28-18-7-5-6-16(10-18)21(25)23-19-13-30(26,27)14-20(19)24-8-3-2-4-9-24/h5-7,10,12,19-20H,2-4,8-9,11,13-14H2,1H3,(H,23,25). The molecule has 9 heteroatoms. The van der Waals surface area contributed by atoms with Gasteiger partial charge in [-0.05, 0) is 51.1 Å². The number of likely N-dealkylation sites (tertiary alicyclic amines) is 1. The van der Waals surface area contributed by atoms with E-state index in [9.17, 15) is 13.2 Å². The first-order valence-corrected chi connectivity index (χ1v) is 13.0. The Balaban J connectivity index is 1.42. The van der Waals surface area contributed by atoms with Crippen LogP contribution in [0.2, 0.25) is 0 Å². The Morgan fingerprint density at radius 1 is 1.27 bits per heavy atom. The molecule has 2 aliphatic rings. The largest absolute Gasteiger partial charge is 0.487 e. The Morgan fingerprint density at radius 2 is 2.07 bits per heavy atom. The van der Waals surface area contributed by atoms with Crippen molar-refractivity contribution in [2.45, 2.75) is 44.9 Å². The number of ether oxygens (including phenoxy) is 1. The molecule has 0 spiro atoms. The van der Waals surface area contributed by atoms with E-state index >= 15 is 0 Å². The van der Waals surface area contributed by atoms with Gasteiger partial charge in [-0.15, -0.1) is 11.3 Å². The number of nitrogens with zero attached hydrogens (tertiary/aromatic N) is 2. The smallest absolute Gasteiger partial charge is 0.251 e. The van der Waals surface area contributed by atoms with E-state index in [0.29, 0.717) is 17.9 Å². The fourth-order valence-corrected chi connectivity index (χ4v) is 6.74. The maximum atomic E-state index is 12.9. The Morgan fingerprint density at radius 3 is 2.80 bits per heavy atom. The van der Waals surface area contributed by atoms with Crippen molar-refractivity contribution in [3.63, 3.8) is 0 Å². The number of hydrogen-bond acceptors (Lipinski definition) is 7. The van der Waals surface area contributed by atoms with E-state index in [1.807, 2.05) is 12.3 Å². The third-order valence-corrected chi connectivity index (χ3v) is 8.19. The van der Waals surface area contributed by atoms with Gasteiger partial charge in [0, 0.05) is 17.0 Å². The summed E-state index contributed by atoms with van der Waals surface area (Å²) in [5.74, 6) is 0.432. The average Bonchev–Trinajstić information content (AvgIpc) is 3.29. The van der Waals surface area contributed by atoms with E-state index in [1.54, 1.807) is 35.6 Å². The highest BCUT2D eigenvalue weighted by molar-refractivity contribution is 7.91. The van der Waals surface area contributed by atoms with Gasteiger partial charge in [0.2, 0.25) is 0 Å². The molecule has 3 heterocycles. The molecular weight excluding hydrogens is 422 g/mol. The van der Waals surface area contributed by atoms with Crippen molar-refractivity contribution in [2.75, 3.05) is 24.6 Å². The highest BCUT2D eigenvalue weighted by atomic mass is 32.2. The van der Waals surface area contributed by atoms with Crippen LogP contribution in [0.3, 0.4) is 0 Å². The van der Waals surface area contributed by atoms with E-state index < -0.39 is 9.84 Å². The SMILES string of the molecule is Cc1nc(COc2cccc(C(=O)NC3CS(=O)(=O)CC3N3CCCCC3)c2)cs1. The molecule has 0 bridgehead atoms. The summed E-state index contributed by atoms with van der Waals surface area (Å²) in [7, 11) is -3.15. The normalized spacial score (nSPS) is 23.9. The minimum Gasteiger partial charge on any atom is -0.487 e. The molecule has 0 radical (unpaired) electrons. The highest BCUT2D eigenvalue weighted by Crippen LogP contribution is 2.23. The number of benzene rings is 1. The van der Waals surface area contributed by atoms with Gasteiger partial charge in [-0.3, -0.25) is 9.69 Å². The van der Waals surface area contributed by atoms with Gasteiger partial charge in [-0.2, -0.15) is 0 Å². The van der Waals surface area contributed by atoms with Crippen LogP contribution in [0.15, 0.2) is 29.6 Å². The summed E-state index contributed by atoms with van der Waals surface area (Å²) >= 11 is 1.57. The minimum absolute atomic E-state index is 0.000720. The van der Waals surface area contributed by atoms with Crippen molar-refractivity contribution in [1.29, 1.82) is 0 Å². The summed E-state index contributed by atoms with van der Waals surface area (Å²) in [6.07, 6.45) is 3.34. The zero-order valence-electron chi connectivity index (χ0n) is 17.0. The van der Waals surface area contributed by atoms with E-state index in [-0.39, 0.29) is 29.5 Å². The van der Waals surface area contributed by atoms with E-state index in [2.05, 4.69) is 15.2 Å². The van der Waals surface area contributed by atoms with Gasteiger partial charge in [0.1, 0.15) is 12.4 Å². The summed E-state index contributed by atoms with van der Waals surface area (Å²) in [6, 6.07) is 6.44. The molecule has 2 aromatic rings. The maximum absolute atomic E-state index is 12.9. The first-order valence-electron chi connectivity index (χ1n) is 10.3. The third-order valence-electron chi connectivity index (χ3n) is 5.65. The van der Waals surface area contributed by atoms with E-state index in [1.165, 1.54) is 6.42 Å². The number of nitrogens with one attached hydrogen (secondary N) is 1. The van der Waals surface area contributed by atoms with Crippen LogP contribution in [0.4, 0.5) is 0 Å². The molecule has 2 aliphatic heterocycles. The maximum Gasteiger partial charge on any atom is 0.251 e. The highest BCUT2D eigenvalue weighted by Gasteiger charge is 2.42. The number of hydrogen-bond donors (Lipinski definition) is 1. The lowest BCUT2D eigenvalue weighted by Crippen LogP contribution is -2.52. The van der Waals surface area contributed by atoms with Crippen molar-refractivity contribution in [2.24, 2.45) is 0 Å². The topological polar surface area (TPSA) is 88.6 Å². The van der Waals surface area contributed by atoms with Crippen LogP contribution in [0.1, 0.15) is 40.3 Å². The molecule has 2 saturated heterocycles. The number of thiazole rings is 1. The van der Waals surface area contributed by atoms with Crippen LogP contribution in [0.25, 0.3) is 0 Å². The molecule has 7 nitrogen and oxygen atoms in total. The van der Waals surface area contributed by atoms with E-state index in [4.69, 9.17) is 4.74 Å². The number of piperidine rings is 1. The van der Waals surface area contributed by atoms with Crippen LogP contribution in [-0.2, 0) is 16.4 Å². The van der Waals surface area contributed by atoms with Crippen molar-refractivity contribution in [3.05, 3.63) is 45.9 Å². The first-order chi connectivity index (χ1) is 14.4. The van der Waals surface area contributed by atoms with Crippen molar-refractivity contribution < 1.29 is 17.9 Å². The molecule has 1 aromatic carbocycles. The number of carbonyl (C=O) groups is 1. The molecule has 0 saturated carbocycles. The Hall–Kier alpha value is -1.97. The first kappa shape index (κ1) is 21.3. The van der Waals surface area contributed by atoms with Gasteiger partial charge in [-0.1, -0.05) is 12.5 Å². The molecule has 1 aromatic heterocycles. The van der Waals surface area contributed by atoms with Crippen LogP contribution in [0, 0.1) is 6.92 Å². The third kappa shape index (κ3) is 5.19. The van der Waals surface area contributed by atoms with Gasteiger partial charge in [-0.25, -0.2) is 13.4 Å². The molecule has 4 rings (SSSR count). The van der Waals surface area contributed by atoms with Crippen molar-refractivity contribution in [3.8, 4) is 5.75 Å². The predicted octanol–water partition coefficient (Wildman–Crippen LogP) is 2.41. The summed E-state index contributed by atoms with van der Waals surface area (Å²) < 4.78 is 30.3. The fourth-order valence-electron chi connectivity index (χ4n) is 4.19. The molecule has 1 N–H and O–H groups in total. The van der Waals surface area contributed by atoms with Crippen molar-refractivity contribution in [1.82, 2.24) is 15.2 Å². The second-order valence-electron chi connectivity index (χ2n) is 8.00. The number of sulfone groups is 1. The van der Waals surface area contributed by atoms with Crippen molar-refractivity contribution >= 4 is 27.1 Å². The monoisotopic (exact) mass is 449 g/mol. The molecule has 2 atom stereocenters. The summed E-state index contributed by atoms with van der Waals surface area (Å²) in [6.45, 7) is 4.07. The van der Waals surface area contributed by atoms with Gasteiger partial charge >= 0.3 is 0 Å². The van der Waals surface area contributed by atoms with Gasteiger partial charge < -0.3 is 10.1 Å². The van der Waals surface area contributed by atoms with Crippen LogP contribution in [0.5, 0.6) is 5.75 Å². The summed E-state index contributed by atoms with van der Waals surface area (Å²) in [4.78, 5) is 19.5. The average molecular weight is 450 g/mol. The number of aromatic nitrogens is 1. The molecular formula is C21H27N3O4S2. The zero-order chi connectivity index (χ0) is 21.1. The Labute approximate surface area is 181 Å². The quantitative estimate of drug-likeness (QED) is 0.729. The Bertz CT molecular complexity index is 999. The number of amides is 1. The van der Waals surface area contributed by atoms with Gasteiger partial charge in [0.05, 0.1) is 28.2 Å². The van der Waals surface area contributed by atoms with Gasteiger partial charge in [0.15, 0.2) is 9.84 Å². The fraction of sp³-hybridized carbons (Fsp3) is 0.524. The summed E-state index contributed by atoms with van der Waals surface area (Å²) in [5.41, 5.74) is 1.32. The second-order valence-corrected chi connectivity index (χ2v) is 11.2. The Kier molecular flexibility index (Phi) is 6.40. The number of rotatable bonds is 6. The number of carbonyl (C=O) groups excluding carboxylic acids is 1. The molecule has 2 fully saturated rings. The van der Waals surface area contributed by atoms with Crippen LogP contribution < -0.4 is 10.1 Å². The summed E-state index contributed by atoms with van der Waals surface area (Å²) in [5, 5.41) is 5.91. The lowest BCUT2D eigenvalue weighted by molar-refractivity contribution is 0.0899. The van der Waals surface area contributed by atoms with Crippen LogP contribution >= 0.6 is 11.3 Å². The molecule has 2 unspecified atom stereocenters. The molecule has 0 aliphatic carbocycles. The lowest BCUT2D eigenvalue weighted by atomic mass is 10.0. The van der Waals surface area contributed by atoms with Crippen LogP contribution in [-0.4, -0.2) is 60.9 Å². The second kappa shape index (κ2) is 9.03. The van der Waals surface area contributed by atoms with E-state index in [0.717, 1.165) is 36.6 Å².